The number of carbonyl (C=O) groups is 2. The third-order valence-corrected chi connectivity index (χ3v) is 3.92. The van der Waals surface area contributed by atoms with Gasteiger partial charge in [0.15, 0.2) is 11.5 Å². The lowest BCUT2D eigenvalue weighted by atomic mass is 10.1. The molecule has 10 heteroatoms. The number of aliphatic hydroxyl groups is 1. The van der Waals surface area contributed by atoms with Crippen LogP contribution in [0.2, 0.25) is 0 Å². The van der Waals surface area contributed by atoms with Gasteiger partial charge in [-0.15, -0.1) is 0 Å². The van der Waals surface area contributed by atoms with Gasteiger partial charge in [0.2, 0.25) is 6.79 Å². The van der Waals surface area contributed by atoms with Crippen LogP contribution in [0.25, 0.3) is 0 Å². The lowest BCUT2D eigenvalue weighted by Gasteiger charge is -2.13. The number of rotatable bonds is 4. The van der Waals surface area contributed by atoms with Gasteiger partial charge in [0.1, 0.15) is 0 Å². The fourth-order valence-corrected chi connectivity index (χ4v) is 2.44. The molecule has 28 heavy (non-hydrogen) atoms. The van der Waals surface area contributed by atoms with Gasteiger partial charge in [-0.3, -0.25) is 9.59 Å². The molecule has 2 aromatic carbocycles. The van der Waals surface area contributed by atoms with E-state index in [2.05, 4.69) is 10.6 Å². The summed E-state index contributed by atoms with van der Waals surface area (Å²) in [5, 5.41) is 14.6. The minimum Gasteiger partial charge on any atom is -0.454 e. The first-order valence-corrected chi connectivity index (χ1v) is 8.08. The highest BCUT2D eigenvalue weighted by Gasteiger charge is 2.30. The average Bonchev–Trinajstić information content (AvgIpc) is 3.13. The van der Waals surface area contributed by atoms with Crippen molar-refractivity contribution in [1.82, 2.24) is 5.32 Å². The Bertz CT molecular complexity index is 884. The van der Waals surface area contributed by atoms with Crippen LogP contribution in [0.15, 0.2) is 42.5 Å². The van der Waals surface area contributed by atoms with Crippen molar-refractivity contribution in [3.05, 3.63) is 53.6 Å². The number of fused-ring (bicyclic) bond motifs is 1. The average molecular weight is 396 g/mol. The van der Waals surface area contributed by atoms with E-state index in [-0.39, 0.29) is 18.9 Å². The number of carbonyl (C=O) groups excluding carboxylic acids is 2. The van der Waals surface area contributed by atoms with E-state index in [0.29, 0.717) is 17.2 Å². The Labute approximate surface area is 157 Å². The van der Waals surface area contributed by atoms with Crippen molar-refractivity contribution >= 4 is 17.5 Å². The molecule has 1 unspecified atom stereocenters. The maximum absolute atomic E-state index is 12.5. The fraction of sp³-hybridized carbons (Fsp3) is 0.222. The summed E-state index contributed by atoms with van der Waals surface area (Å²) in [6, 6.07) is 8.45. The van der Waals surface area contributed by atoms with Gasteiger partial charge in [0.05, 0.1) is 11.7 Å². The molecule has 0 radical (unpaired) electrons. The topological polar surface area (TPSA) is 96.9 Å². The molecule has 0 fully saturated rings. The Hall–Kier alpha value is -3.27. The van der Waals surface area contributed by atoms with Gasteiger partial charge in [-0.2, -0.15) is 13.2 Å². The van der Waals surface area contributed by atoms with Crippen molar-refractivity contribution in [3.8, 4) is 11.5 Å². The highest BCUT2D eigenvalue weighted by atomic mass is 19.4. The second-order valence-electron chi connectivity index (χ2n) is 5.87. The fourth-order valence-electron chi connectivity index (χ4n) is 2.44. The van der Waals surface area contributed by atoms with Crippen LogP contribution >= 0.6 is 0 Å². The molecule has 0 saturated carbocycles. The first kappa shape index (κ1) is 19.5. The maximum Gasteiger partial charge on any atom is 0.416 e. The van der Waals surface area contributed by atoms with E-state index >= 15 is 0 Å². The maximum atomic E-state index is 12.5. The Morgan fingerprint density at radius 1 is 1.04 bits per heavy atom. The largest absolute Gasteiger partial charge is 0.454 e. The quantitative estimate of drug-likeness (QED) is 0.689. The first-order chi connectivity index (χ1) is 13.2. The number of alkyl halides is 3. The molecule has 3 rings (SSSR count). The zero-order chi connectivity index (χ0) is 20.3. The van der Waals surface area contributed by atoms with E-state index in [9.17, 15) is 27.9 Å². The number of anilines is 1. The van der Waals surface area contributed by atoms with Gasteiger partial charge in [-0.25, -0.2) is 0 Å². The van der Waals surface area contributed by atoms with Gasteiger partial charge in [-0.05, 0) is 29.8 Å². The van der Waals surface area contributed by atoms with Crippen LogP contribution in [0.5, 0.6) is 11.5 Å². The molecular weight excluding hydrogens is 381 g/mol. The van der Waals surface area contributed by atoms with Crippen LogP contribution in [-0.2, 0) is 15.8 Å². The van der Waals surface area contributed by atoms with Gasteiger partial charge in [0.25, 0.3) is 0 Å². The van der Waals surface area contributed by atoms with Gasteiger partial charge >= 0.3 is 18.0 Å². The predicted molar refractivity (Wildman–Crippen MR) is 90.6 cm³/mol. The van der Waals surface area contributed by atoms with Crippen molar-refractivity contribution in [2.75, 3.05) is 18.7 Å². The molecule has 148 valence electrons. The summed E-state index contributed by atoms with van der Waals surface area (Å²) in [7, 11) is 0. The molecule has 1 atom stereocenters. The predicted octanol–water partition coefficient (Wildman–Crippen LogP) is 2.22. The molecule has 2 amide bonds. The minimum absolute atomic E-state index is 0.0645. The van der Waals surface area contributed by atoms with E-state index in [1.807, 2.05) is 0 Å². The molecule has 0 aliphatic carbocycles. The molecule has 0 saturated heterocycles. The number of benzene rings is 2. The molecule has 1 heterocycles. The minimum atomic E-state index is -4.48. The molecular formula is C18H15F3N2O5. The van der Waals surface area contributed by atoms with Crippen molar-refractivity contribution in [2.24, 2.45) is 0 Å². The Kier molecular flexibility index (Phi) is 5.41. The number of halogens is 3. The molecule has 7 nitrogen and oxygen atoms in total. The molecule has 2 aromatic rings. The van der Waals surface area contributed by atoms with Crippen LogP contribution in [0.1, 0.15) is 17.2 Å². The van der Waals surface area contributed by atoms with E-state index in [1.54, 1.807) is 6.07 Å². The lowest BCUT2D eigenvalue weighted by Crippen LogP contribution is -2.37. The van der Waals surface area contributed by atoms with Crippen LogP contribution in [0, 0.1) is 0 Å². The first-order valence-electron chi connectivity index (χ1n) is 8.08. The highest BCUT2D eigenvalue weighted by molar-refractivity contribution is 6.39. The second-order valence-corrected chi connectivity index (χ2v) is 5.87. The summed E-state index contributed by atoms with van der Waals surface area (Å²) in [5.74, 6) is -1.04. The molecule has 0 aromatic heterocycles. The van der Waals surface area contributed by atoms with Gasteiger partial charge in [0, 0.05) is 18.3 Å². The van der Waals surface area contributed by atoms with Crippen molar-refractivity contribution in [1.29, 1.82) is 0 Å². The molecule has 1 aliphatic rings. The number of nitrogens with one attached hydrogen (secondary N) is 2. The van der Waals surface area contributed by atoms with Crippen molar-refractivity contribution in [3.63, 3.8) is 0 Å². The smallest absolute Gasteiger partial charge is 0.416 e. The van der Waals surface area contributed by atoms with Crippen LogP contribution in [0.4, 0.5) is 18.9 Å². The normalized spacial score (nSPS) is 13.7. The van der Waals surface area contributed by atoms with E-state index in [0.717, 1.165) is 24.3 Å². The Balaban J connectivity index is 1.52. The third-order valence-electron chi connectivity index (χ3n) is 3.92. The zero-order valence-corrected chi connectivity index (χ0v) is 14.2. The lowest BCUT2D eigenvalue weighted by molar-refractivity contribution is -0.137. The van der Waals surface area contributed by atoms with E-state index < -0.39 is 29.7 Å². The summed E-state index contributed by atoms with van der Waals surface area (Å²) >= 11 is 0. The van der Waals surface area contributed by atoms with Crippen LogP contribution in [-0.4, -0.2) is 30.3 Å². The number of ether oxygens (including phenoxy) is 2. The summed E-state index contributed by atoms with van der Waals surface area (Å²) in [6.45, 7) is -0.284. The summed E-state index contributed by atoms with van der Waals surface area (Å²) in [4.78, 5) is 23.8. The van der Waals surface area contributed by atoms with Crippen LogP contribution in [0.3, 0.4) is 0 Å². The summed E-state index contributed by atoms with van der Waals surface area (Å²) in [5.41, 5.74) is -0.368. The Morgan fingerprint density at radius 3 is 2.39 bits per heavy atom. The third kappa shape index (κ3) is 4.52. The molecule has 0 spiro atoms. The van der Waals surface area contributed by atoms with Crippen molar-refractivity contribution < 1.29 is 37.3 Å². The standard InChI is InChI=1S/C18H15F3N2O5/c19-18(20,21)11-3-1-10(2-4-11)13(24)8-22-16(25)17(26)23-12-5-6-14-15(7-12)28-9-27-14/h1-7,13,24H,8-9H2,(H,22,25)(H,23,26). The summed E-state index contributed by atoms with van der Waals surface area (Å²) < 4.78 is 47.9. The monoisotopic (exact) mass is 396 g/mol. The second kappa shape index (κ2) is 7.77. The SMILES string of the molecule is O=C(NCC(O)c1ccc(C(F)(F)F)cc1)C(=O)Nc1ccc2c(c1)OCO2. The van der Waals surface area contributed by atoms with Crippen LogP contribution < -0.4 is 20.1 Å². The van der Waals surface area contributed by atoms with E-state index in [1.165, 1.54) is 12.1 Å². The molecule has 0 bridgehead atoms. The van der Waals surface area contributed by atoms with Gasteiger partial charge in [-0.1, -0.05) is 12.1 Å². The summed E-state index contributed by atoms with van der Waals surface area (Å²) in [6.07, 6.45) is -5.76. The number of amides is 2. The van der Waals surface area contributed by atoms with E-state index in [4.69, 9.17) is 9.47 Å². The number of aliphatic hydroxyl groups excluding tert-OH is 1. The molecule has 3 N–H and O–H groups in total. The Morgan fingerprint density at radius 2 is 1.71 bits per heavy atom. The number of hydrogen-bond acceptors (Lipinski definition) is 5. The zero-order valence-electron chi connectivity index (χ0n) is 14.2. The van der Waals surface area contributed by atoms with Crippen molar-refractivity contribution in [2.45, 2.75) is 12.3 Å². The molecule has 1 aliphatic heterocycles. The highest BCUT2D eigenvalue weighted by Crippen LogP contribution is 2.34. The van der Waals surface area contributed by atoms with Gasteiger partial charge < -0.3 is 25.2 Å². The number of hydrogen-bond donors (Lipinski definition) is 3.